The summed E-state index contributed by atoms with van der Waals surface area (Å²) in [6, 6.07) is 21.2. The number of benzene rings is 3. The van der Waals surface area contributed by atoms with Crippen LogP contribution in [-0.4, -0.2) is 7.11 Å². The van der Waals surface area contributed by atoms with Crippen LogP contribution in [0.5, 0.6) is 11.5 Å². The molecule has 0 aliphatic rings. The van der Waals surface area contributed by atoms with Gasteiger partial charge in [-0.15, -0.1) is 0 Å². The van der Waals surface area contributed by atoms with Gasteiger partial charge in [0.05, 0.1) is 17.2 Å². The number of hydrazine groups is 1. The highest BCUT2D eigenvalue weighted by molar-refractivity contribution is 6.42. The van der Waals surface area contributed by atoms with E-state index in [1.165, 1.54) is 0 Å². The third-order valence-corrected chi connectivity index (χ3v) is 4.64. The molecule has 0 bridgehead atoms. The Morgan fingerprint density at radius 3 is 2.33 bits per heavy atom. The van der Waals surface area contributed by atoms with Crippen LogP contribution in [0.25, 0.3) is 0 Å². The molecule has 140 valence electrons. The van der Waals surface area contributed by atoms with Crippen molar-refractivity contribution in [2.24, 2.45) is 0 Å². The summed E-state index contributed by atoms with van der Waals surface area (Å²) in [4.78, 5) is 0. The van der Waals surface area contributed by atoms with E-state index in [-0.39, 0.29) is 0 Å². The van der Waals surface area contributed by atoms with Gasteiger partial charge in [-0.1, -0.05) is 53.5 Å². The van der Waals surface area contributed by atoms with E-state index in [0.29, 0.717) is 34.7 Å². The van der Waals surface area contributed by atoms with Crippen LogP contribution >= 0.6 is 23.2 Å². The van der Waals surface area contributed by atoms with Crippen LogP contribution in [-0.2, 0) is 13.2 Å². The van der Waals surface area contributed by atoms with Crippen LogP contribution in [0.2, 0.25) is 10.0 Å². The second kappa shape index (κ2) is 9.51. The average molecular weight is 403 g/mol. The van der Waals surface area contributed by atoms with E-state index < -0.39 is 0 Å². The number of rotatable bonds is 8. The molecule has 0 fully saturated rings. The van der Waals surface area contributed by atoms with Crippen molar-refractivity contribution >= 4 is 28.9 Å². The molecule has 3 aromatic rings. The van der Waals surface area contributed by atoms with Crippen molar-refractivity contribution in [1.82, 2.24) is 5.43 Å². The van der Waals surface area contributed by atoms with E-state index in [9.17, 15) is 0 Å². The molecule has 27 heavy (non-hydrogen) atoms. The summed E-state index contributed by atoms with van der Waals surface area (Å²) in [7, 11) is 1.63. The molecule has 3 aromatic carbocycles. The zero-order valence-corrected chi connectivity index (χ0v) is 16.3. The number of hydrogen-bond donors (Lipinski definition) is 2. The molecule has 6 heteroatoms. The van der Waals surface area contributed by atoms with E-state index in [1.807, 2.05) is 54.6 Å². The first-order chi connectivity index (χ1) is 13.2. The molecule has 0 saturated heterocycles. The summed E-state index contributed by atoms with van der Waals surface area (Å²) >= 11 is 12.0. The molecule has 0 amide bonds. The summed E-state index contributed by atoms with van der Waals surface area (Å²) in [5, 5.41) is 1.04. The monoisotopic (exact) mass is 402 g/mol. The van der Waals surface area contributed by atoms with Gasteiger partial charge < -0.3 is 14.9 Å². The Labute approximate surface area is 169 Å². The minimum absolute atomic E-state index is 0.375. The molecule has 0 unspecified atom stereocenters. The maximum absolute atomic E-state index is 6.04. The zero-order valence-electron chi connectivity index (χ0n) is 14.8. The molecule has 4 nitrogen and oxygen atoms in total. The molecule has 0 saturated carbocycles. The van der Waals surface area contributed by atoms with Gasteiger partial charge in [-0.05, 0) is 47.5 Å². The Kier molecular flexibility index (Phi) is 6.82. The van der Waals surface area contributed by atoms with E-state index in [4.69, 9.17) is 32.7 Å². The predicted octanol–water partition coefficient (Wildman–Crippen LogP) is 5.70. The lowest BCUT2D eigenvalue weighted by atomic mass is 10.2. The molecule has 0 radical (unpaired) electrons. The summed E-state index contributed by atoms with van der Waals surface area (Å²) in [5.41, 5.74) is 9.35. The molecule has 0 aromatic heterocycles. The number of halogens is 2. The molecular formula is C21H20Cl2N2O2. The standard InChI is InChI=1S/C21H20Cl2N2O2/c1-26-21-12-15(13-24-25-17-5-3-2-4-6-17)8-10-20(21)27-14-16-7-9-18(22)19(23)11-16/h2-12,24-25H,13-14H2,1H3. The van der Waals surface area contributed by atoms with Crippen LogP contribution in [0.3, 0.4) is 0 Å². The zero-order chi connectivity index (χ0) is 19.1. The fourth-order valence-electron chi connectivity index (χ4n) is 2.50. The van der Waals surface area contributed by atoms with E-state index in [0.717, 1.165) is 16.8 Å². The number of methoxy groups -OCH3 is 1. The van der Waals surface area contributed by atoms with Crippen molar-refractivity contribution in [1.29, 1.82) is 0 Å². The van der Waals surface area contributed by atoms with Gasteiger partial charge in [-0.25, -0.2) is 5.43 Å². The Morgan fingerprint density at radius 2 is 1.59 bits per heavy atom. The number of para-hydroxylation sites is 1. The Bertz CT molecular complexity index is 889. The number of hydrogen-bond acceptors (Lipinski definition) is 4. The second-order valence-corrected chi connectivity index (χ2v) is 6.68. The number of nitrogens with one attached hydrogen (secondary N) is 2. The smallest absolute Gasteiger partial charge is 0.161 e. The summed E-state index contributed by atoms with van der Waals surface area (Å²) < 4.78 is 11.3. The topological polar surface area (TPSA) is 42.5 Å². The Hall–Kier alpha value is -2.40. The molecule has 0 aliphatic carbocycles. The Morgan fingerprint density at radius 1 is 0.815 bits per heavy atom. The fourth-order valence-corrected chi connectivity index (χ4v) is 2.82. The molecule has 3 rings (SSSR count). The molecular weight excluding hydrogens is 383 g/mol. The lowest BCUT2D eigenvalue weighted by Gasteiger charge is -2.13. The van der Waals surface area contributed by atoms with Gasteiger partial charge in [0.25, 0.3) is 0 Å². The van der Waals surface area contributed by atoms with Crippen molar-refractivity contribution in [2.45, 2.75) is 13.2 Å². The van der Waals surface area contributed by atoms with Crippen LogP contribution in [0, 0.1) is 0 Å². The molecule has 2 N–H and O–H groups in total. The second-order valence-electron chi connectivity index (χ2n) is 5.87. The predicted molar refractivity (Wildman–Crippen MR) is 111 cm³/mol. The van der Waals surface area contributed by atoms with Crippen LogP contribution in [0.1, 0.15) is 11.1 Å². The molecule has 0 heterocycles. The van der Waals surface area contributed by atoms with Crippen molar-refractivity contribution in [3.63, 3.8) is 0 Å². The number of ether oxygens (including phenoxy) is 2. The SMILES string of the molecule is COc1cc(CNNc2ccccc2)ccc1OCc1ccc(Cl)c(Cl)c1. The highest BCUT2D eigenvalue weighted by atomic mass is 35.5. The summed E-state index contributed by atoms with van der Waals surface area (Å²) in [5.74, 6) is 1.34. The van der Waals surface area contributed by atoms with Gasteiger partial charge in [-0.3, -0.25) is 0 Å². The third-order valence-electron chi connectivity index (χ3n) is 3.91. The van der Waals surface area contributed by atoms with Gasteiger partial charge in [0.1, 0.15) is 6.61 Å². The largest absolute Gasteiger partial charge is 0.493 e. The Balaban J connectivity index is 1.59. The third kappa shape index (κ3) is 5.54. The van der Waals surface area contributed by atoms with Gasteiger partial charge >= 0.3 is 0 Å². The van der Waals surface area contributed by atoms with Crippen LogP contribution < -0.4 is 20.3 Å². The minimum Gasteiger partial charge on any atom is -0.493 e. The maximum Gasteiger partial charge on any atom is 0.161 e. The minimum atomic E-state index is 0.375. The van der Waals surface area contributed by atoms with E-state index in [2.05, 4.69) is 10.9 Å². The van der Waals surface area contributed by atoms with E-state index >= 15 is 0 Å². The van der Waals surface area contributed by atoms with Crippen LogP contribution in [0.15, 0.2) is 66.7 Å². The fraction of sp³-hybridized carbons (Fsp3) is 0.143. The lowest BCUT2D eigenvalue weighted by Crippen LogP contribution is -2.20. The normalized spacial score (nSPS) is 10.5. The first-order valence-electron chi connectivity index (χ1n) is 8.43. The van der Waals surface area contributed by atoms with Crippen molar-refractivity contribution < 1.29 is 9.47 Å². The number of anilines is 1. The van der Waals surface area contributed by atoms with Crippen molar-refractivity contribution in [3.8, 4) is 11.5 Å². The van der Waals surface area contributed by atoms with Crippen molar-refractivity contribution in [2.75, 3.05) is 12.5 Å². The molecule has 0 spiro atoms. The molecule has 0 atom stereocenters. The lowest BCUT2D eigenvalue weighted by molar-refractivity contribution is 0.284. The maximum atomic E-state index is 6.04. The van der Waals surface area contributed by atoms with Crippen molar-refractivity contribution in [3.05, 3.63) is 87.9 Å². The summed E-state index contributed by atoms with van der Waals surface area (Å²) in [6.07, 6.45) is 0. The van der Waals surface area contributed by atoms with Gasteiger partial charge in [0, 0.05) is 12.2 Å². The van der Waals surface area contributed by atoms with Gasteiger partial charge in [-0.2, -0.15) is 0 Å². The van der Waals surface area contributed by atoms with Crippen LogP contribution in [0.4, 0.5) is 5.69 Å². The first-order valence-corrected chi connectivity index (χ1v) is 9.19. The highest BCUT2D eigenvalue weighted by Gasteiger charge is 2.07. The highest BCUT2D eigenvalue weighted by Crippen LogP contribution is 2.29. The molecule has 0 aliphatic heterocycles. The first kappa shape index (κ1) is 19.4. The quantitative estimate of drug-likeness (QED) is 0.474. The van der Waals surface area contributed by atoms with Gasteiger partial charge in [0.2, 0.25) is 0 Å². The van der Waals surface area contributed by atoms with Gasteiger partial charge in [0.15, 0.2) is 11.5 Å². The summed E-state index contributed by atoms with van der Waals surface area (Å²) in [6.45, 7) is 1.01. The van der Waals surface area contributed by atoms with E-state index in [1.54, 1.807) is 19.2 Å². The average Bonchev–Trinajstić information content (AvgIpc) is 2.70.